The zero-order valence-corrected chi connectivity index (χ0v) is 14.0. The predicted molar refractivity (Wildman–Crippen MR) is 88.6 cm³/mol. The van der Waals surface area contributed by atoms with Crippen molar-refractivity contribution in [2.45, 2.75) is 13.0 Å². The quantitative estimate of drug-likeness (QED) is 0.785. The summed E-state index contributed by atoms with van der Waals surface area (Å²) < 4.78 is 5.95. The summed E-state index contributed by atoms with van der Waals surface area (Å²) in [4.78, 5) is 11.6. The van der Waals surface area contributed by atoms with Gasteiger partial charge in [-0.3, -0.25) is 0 Å². The van der Waals surface area contributed by atoms with Gasteiger partial charge in [-0.25, -0.2) is 4.79 Å². The third-order valence-electron chi connectivity index (χ3n) is 3.55. The summed E-state index contributed by atoms with van der Waals surface area (Å²) in [6, 6.07) is 5.36. The monoisotopic (exact) mass is 345 g/mol. The number of carbonyl (C=O) groups excluding carboxylic acids is 1. The van der Waals surface area contributed by atoms with Gasteiger partial charge in [-0.15, -0.1) is 0 Å². The average Bonchev–Trinajstić information content (AvgIpc) is 2.74. The SMILES string of the molecule is CCNC(=O)NC[C@@H]1CNCCO[C@@H]1c1ccc(Cl)c(Cl)c1. The van der Waals surface area contributed by atoms with E-state index in [1.165, 1.54) is 0 Å². The lowest BCUT2D eigenvalue weighted by Crippen LogP contribution is -2.41. The number of rotatable bonds is 4. The topological polar surface area (TPSA) is 62.4 Å². The average molecular weight is 346 g/mol. The van der Waals surface area contributed by atoms with Crippen molar-refractivity contribution in [2.24, 2.45) is 5.92 Å². The van der Waals surface area contributed by atoms with Crippen LogP contribution in [0.25, 0.3) is 0 Å². The second-order valence-corrected chi connectivity index (χ2v) is 5.98. The fraction of sp³-hybridized carbons (Fsp3) is 0.533. The number of hydrogen-bond acceptors (Lipinski definition) is 3. The molecule has 2 rings (SSSR count). The van der Waals surface area contributed by atoms with Crippen LogP contribution in [0.4, 0.5) is 4.79 Å². The number of ether oxygens (including phenoxy) is 1. The van der Waals surface area contributed by atoms with Gasteiger partial charge in [-0.1, -0.05) is 29.3 Å². The number of nitrogens with one attached hydrogen (secondary N) is 3. The van der Waals surface area contributed by atoms with Crippen molar-refractivity contribution in [1.82, 2.24) is 16.0 Å². The first-order valence-corrected chi connectivity index (χ1v) is 8.16. The van der Waals surface area contributed by atoms with E-state index in [9.17, 15) is 4.79 Å². The molecule has 2 amide bonds. The Bertz CT molecular complexity index is 514. The van der Waals surface area contributed by atoms with E-state index in [4.69, 9.17) is 27.9 Å². The summed E-state index contributed by atoms with van der Waals surface area (Å²) in [7, 11) is 0. The van der Waals surface area contributed by atoms with Crippen LogP contribution in [0.2, 0.25) is 10.0 Å². The van der Waals surface area contributed by atoms with Crippen LogP contribution < -0.4 is 16.0 Å². The minimum Gasteiger partial charge on any atom is -0.372 e. The molecule has 0 saturated carbocycles. The lowest BCUT2D eigenvalue weighted by molar-refractivity contribution is 0.0315. The van der Waals surface area contributed by atoms with Crippen molar-refractivity contribution in [2.75, 3.05) is 32.8 Å². The maximum absolute atomic E-state index is 11.6. The van der Waals surface area contributed by atoms with Gasteiger partial charge in [0.1, 0.15) is 0 Å². The molecule has 2 atom stereocenters. The molecule has 0 aromatic heterocycles. The van der Waals surface area contributed by atoms with Crippen LogP contribution in [0, 0.1) is 5.92 Å². The highest BCUT2D eigenvalue weighted by atomic mass is 35.5. The van der Waals surface area contributed by atoms with Gasteiger partial charge in [-0.05, 0) is 24.6 Å². The Morgan fingerprint density at radius 1 is 1.36 bits per heavy atom. The molecule has 1 heterocycles. The standard InChI is InChI=1S/C15H21Cl2N3O2/c1-2-19-15(21)20-9-11-8-18-5-6-22-14(11)10-3-4-12(16)13(17)7-10/h3-4,7,11,14,18H,2,5-6,8-9H2,1H3,(H2,19,20,21)/t11-,14+/m0/s1. The van der Waals surface area contributed by atoms with E-state index in [-0.39, 0.29) is 18.1 Å². The van der Waals surface area contributed by atoms with E-state index in [2.05, 4.69) is 16.0 Å². The first kappa shape index (κ1) is 17.3. The molecule has 122 valence electrons. The van der Waals surface area contributed by atoms with Gasteiger partial charge in [0.05, 0.1) is 22.8 Å². The second-order valence-electron chi connectivity index (χ2n) is 5.17. The third-order valence-corrected chi connectivity index (χ3v) is 4.28. The van der Waals surface area contributed by atoms with Crippen LogP contribution in [0.5, 0.6) is 0 Å². The molecule has 1 fully saturated rings. The van der Waals surface area contributed by atoms with E-state index in [0.717, 1.165) is 18.7 Å². The molecule has 1 aliphatic rings. The summed E-state index contributed by atoms with van der Waals surface area (Å²) in [5.41, 5.74) is 0.973. The lowest BCUT2D eigenvalue weighted by Gasteiger charge is -2.25. The van der Waals surface area contributed by atoms with Crippen molar-refractivity contribution in [3.63, 3.8) is 0 Å². The van der Waals surface area contributed by atoms with E-state index < -0.39 is 0 Å². The first-order valence-electron chi connectivity index (χ1n) is 7.40. The van der Waals surface area contributed by atoms with Gasteiger partial charge in [0, 0.05) is 32.1 Å². The summed E-state index contributed by atoms with van der Waals surface area (Å²) in [5, 5.41) is 9.95. The number of benzene rings is 1. The van der Waals surface area contributed by atoms with Crippen molar-refractivity contribution >= 4 is 29.2 Å². The molecule has 0 unspecified atom stereocenters. The van der Waals surface area contributed by atoms with Crippen LogP contribution in [-0.2, 0) is 4.74 Å². The minimum absolute atomic E-state index is 0.113. The third kappa shape index (κ3) is 4.74. The Kier molecular flexibility index (Phi) is 6.76. The molecule has 7 heteroatoms. The van der Waals surface area contributed by atoms with Gasteiger partial charge in [0.15, 0.2) is 0 Å². The Morgan fingerprint density at radius 2 is 2.18 bits per heavy atom. The number of carbonyl (C=O) groups is 1. The molecule has 1 saturated heterocycles. The Labute approximate surface area is 140 Å². The zero-order valence-electron chi connectivity index (χ0n) is 12.5. The van der Waals surface area contributed by atoms with Crippen LogP contribution in [0.3, 0.4) is 0 Å². The molecule has 1 aromatic carbocycles. The molecule has 22 heavy (non-hydrogen) atoms. The van der Waals surface area contributed by atoms with Gasteiger partial charge >= 0.3 is 6.03 Å². The van der Waals surface area contributed by atoms with Gasteiger partial charge in [-0.2, -0.15) is 0 Å². The molecule has 1 aromatic rings. The first-order chi connectivity index (χ1) is 10.6. The van der Waals surface area contributed by atoms with Gasteiger partial charge in [0.2, 0.25) is 0 Å². The van der Waals surface area contributed by atoms with Crippen LogP contribution >= 0.6 is 23.2 Å². The Balaban J connectivity index is 2.09. The summed E-state index contributed by atoms with van der Waals surface area (Å²) in [5.74, 6) is 0.113. The predicted octanol–water partition coefficient (Wildman–Crippen LogP) is 2.59. The smallest absolute Gasteiger partial charge is 0.314 e. The van der Waals surface area contributed by atoms with E-state index in [0.29, 0.717) is 29.7 Å². The summed E-state index contributed by atoms with van der Waals surface area (Å²) >= 11 is 12.1. The second kappa shape index (κ2) is 8.58. The number of halogens is 2. The molecular formula is C15H21Cl2N3O2. The van der Waals surface area contributed by atoms with E-state index >= 15 is 0 Å². The van der Waals surface area contributed by atoms with Gasteiger partial charge < -0.3 is 20.7 Å². The van der Waals surface area contributed by atoms with Crippen molar-refractivity contribution in [1.29, 1.82) is 0 Å². The lowest BCUT2D eigenvalue weighted by atomic mass is 9.95. The maximum Gasteiger partial charge on any atom is 0.314 e. The normalized spacial score (nSPS) is 22.0. The Morgan fingerprint density at radius 3 is 2.91 bits per heavy atom. The van der Waals surface area contributed by atoms with E-state index in [1.807, 2.05) is 19.1 Å². The zero-order chi connectivity index (χ0) is 15.9. The molecule has 0 bridgehead atoms. The summed E-state index contributed by atoms with van der Waals surface area (Å²) in [6.07, 6.45) is -0.133. The number of amides is 2. The molecule has 0 radical (unpaired) electrons. The minimum atomic E-state index is -0.167. The fourth-order valence-corrected chi connectivity index (χ4v) is 2.78. The molecular weight excluding hydrogens is 325 g/mol. The van der Waals surface area contributed by atoms with Crippen molar-refractivity contribution in [3.05, 3.63) is 33.8 Å². The summed E-state index contributed by atoms with van der Waals surface area (Å²) in [6.45, 7) is 5.16. The van der Waals surface area contributed by atoms with Crippen LogP contribution in [0.15, 0.2) is 18.2 Å². The van der Waals surface area contributed by atoms with Crippen LogP contribution in [0.1, 0.15) is 18.6 Å². The molecule has 1 aliphatic heterocycles. The highest BCUT2D eigenvalue weighted by Gasteiger charge is 2.27. The number of hydrogen-bond donors (Lipinski definition) is 3. The maximum atomic E-state index is 11.6. The molecule has 5 nitrogen and oxygen atoms in total. The van der Waals surface area contributed by atoms with Gasteiger partial charge in [0.25, 0.3) is 0 Å². The molecule has 3 N–H and O–H groups in total. The van der Waals surface area contributed by atoms with Crippen molar-refractivity contribution in [3.8, 4) is 0 Å². The highest BCUT2D eigenvalue weighted by molar-refractivity contribution is 6.42. The molecule has 0 aliphatic carbocycles. The molecule has 0 spiro atoms. The fourth-order valence-electron chi connectivity index (χ4n) is 2.47. The van der Waals surface area contributed by atoms with Crippen LogP contribution in [-0.4, -0.2) is 38.8 Å². The largest absolute Gasteiger partial charge is 0.372 e. The highest BCUT2D eigenvalue weighted by Crippen LogP contribution is 2.31. The number of urea groups is 1. The van der Waals surface area contributed by atoms with Crippen molar-refractivity contribution < 1.29 is 9.53 Å². The van der Waals surface area contributed by atoms with E-state index in [1.54, 1.807) is 6.07 Å². The Hall–Kier alpha value is -1.01.